The summed E-state index contributed by atoms with van der Waals surface area (Å²) in [5.74, 6) is -2.59. The van der Waals surface area contributed by atoms with E-state index < -0.39 is 29.3 Å². The zero-order valence-corrected chi connectivity index (χ0v) is 22.1. The summed E-state index contributed by atoms with van der Waals surface area (Å²) < 4.78 is 28.0. The number of hydrogen-bond acceptors (Lipinski definition) is 5. The maximum atomic E-state index is 14.0. The van der Waals surface area contributed by atoms with Gasteiger partial charge in [0.15, 0.2) is 0 Å². The lowest BCUT2D eigenvalue weighted by Gasteiger charge is -2.34. The molecule has 1 atom stereocenters. The van der Waals surface area contributed by atoms with Crippen molar-refractivity contribution in [3.63, 3.8) is 0 Å². The SMILES string of the molecule is CCN(CC)C(=O)C1CCCN(C(=O)c2ccc(/C=C3\SC(=O)N(Cc4c(F)cccc4F)C3=O)cc2)C1. The highest BCUT2D eigenvalue weighted by atomic mass is 32.2. The van der Waals surface area contributed by atoms with E-state index in [-0.39, 0.29) is 28.2 Å². The quantitative estimate of drug-likeness (QED) is 0.465. The number of benzene rings is 2. The van der Waals surface area contributed by atoms with Crippen LogP contribution in [0, 0.1) is 17.6 Å². The van der Waals surface area contributed by atoms with E-state index in [0.717, 1.165) is 29.9 Å². The highest BCUT2D eigenvalue weighted by Crippen LogP contribution is 2.34. The zero-order valence-electron chi connectivity index (χ0n) is 21.3. The number of likely N-dealkylation sites (tertiary alicyclic amines) is 1. The van der Waals surface area contributed by atoms with Crippen LogP contribution in [-0.4, -0.2) is 63.8 Å². The molecule has 0 spiro atoms. The van der Waals surface area contributed by atoms with Gasteiger partial charge in [-0.2, -0.15) is 0 Å². The smallest absolute Gasteiger partial charge is 0.293 e. The summed E-state index contributed by atoms with van der Waals surface area (Å²) in [6, 6.07) is 9.98. The summed E-state index contributed by atoms with van der Waals surface area (Å²) in [6.07, 6.45) is 3.03. The summed E-state index contributed by atoms with van der Waals surface area (Å²) in [6.45, 7) is 5.63. The number of rotatable bonds is 7. The first-order valence-electron chi connectivity index (χ1n) is 12.6. The van der Waals surface area contributed by atoms with Gasteiger partial charge in [-0.3, -0.25) is 24.1 Å². The van der Waals surface area contributed by atoms with Crippen LogP contribution in [0.1, 0.15) is 48.2 Å². The van der Waals surface area contributed by atoms with Crippen molar-refractivity contribution in [1.82, 2.24) is 14.7 Å². The van der Waals surface area contributed by atoms with E-state index in [2.05, 4.69) is 0 Å². The van der Waals surface area contributed by atoms with Gasteiger partial charge in [-0.25, -0.2) is 8.78 Å². The Hall–Kier alpha value is -3.53. The van der Waals surface area contributed by atoms with Crippen LogP contribution in [0.15, 0.2) is 47.4 Å². The van der Waals surface area contributed by atoms with E-state index in [1.165, 1.54) is 12.1 Å². The lowest BCUT2D eigenvalue weighted by atomic mass is 9.95. The molecule has 2 aromatic carbocycles. The minimum Gasteiger partial charge on any atom is -0.343 e. The largest absolute Gasteiger partial charge is 0.343 e. The van der Waals surface area contributed by atoms with Crippen LogP contribution in [0.5, 0.6) is 0 Å². The summed E-state index contributed by atoms with van der Waals surface area (Å²) >= 11 is 0.692. The molecule has 4 amide bonds. The molecule has 2 aliphatic heterocycles. The number of carbonyl (C=O) groups excluding carboxylic acids is 4. The third-order valence-corrected chi connectivity index (χ3v) is 7.75. The summed E-state index contributed by atoms with van der Waals surface area (Å²) in [4.78, 5) is 55.5. The summed E-state index contributed by atoms with van der Waals surface area (Å²) in [5, 5.41) is -0.616. The Kier molecular flexibility index (Phi) is 8.61. The van der Waals surface area contributed by atoms with Crippen molar-refractivity contribution in [2.24, 2.45) is 5.92 Å². The Bertz CT molecular complexity index is 1260. The Morgan fingerprint density at radius 2 is 1.71 bits per heavy atom. The molecule has 0 radical (unpaired) electrons. The second-order valence-corrected chi connectivity index (χ2v) is 10.2. The molecule has 0 bridgehead atoms. The number of imide groups is 1. The lowest BCUT2D eigenvalue weighted by Crippen LogP contribution is -2.46. The van der Waals surface area contributed by atoms with E-state index >= 15 is 0 Å². The standard InChI is InChI=1S/C28H29F2N3O4S/c1-3-31(4-2)26(35)20-7-6-14-32(16-20)25(34)19-12-10-18(11-13-19)15-24-27(36)33(28(37)38-24)17-21-22(29)8-5-9-23(21)30/h5,8-13,15,20H,3-4,6-7,14,16-17H2,1-2H3/b24-15-. The van der Waals surface area contributed by atoms with Gasteiger partial charge < -0.3 is 9.80 Å². The molecule has 7 nitrogen and oxygen atoms in total. The third-order valence-electron chi connectivity index (χ3n) is 6.84. The number of amides is 4. The normalized spacial score (nSPS) is 18.8. The number of thioether (sulfide) groups is 1. The van der Waals surface area contributed by atoms with Crippen LogP contribution in [0.25, 0.3) is 6.08 Å². The van der Waals surface area contributed by atoms with Crippen LogP contribution in [-0.2, 0) is 16.1 Å². The van der Waals surface area contributed by atoms with Gasteiger partial charge in [-0.1, -0.05) is 18.2 Å². The first-order chi connectivity index (χ1) is 18.2. The number of piperidine rings is 1. The molecule has 0 aliphatic carbocycles. The fourth-order valence-electron chi connectivity index (χ4n) is 4.69. The zero-order chi connectivity index (χ0) is 27.4. The molecule has 4 rings (SSSR count). The van der Waals surface area contributed by atoms with Gasteiger partial charge in [0.25, 0.3) is 17.1 Å². The average molecular weight is 542 g/mol. The van der Waals surface area contributed by atoms with Crippen molar-refractivity contribution >= 4 is 40.8 Å². The summed E-state index contributed by atoms with van der Waals surface area (Å²) in [7, 11) is 0. The number of hydrogen-bond donors (Lipinski definition) is 0. The molecule has 2 aromatic rings. The molecule has 0 aromatic heterocycles. The van der Waals surface area contributed by atoms with Gasteiger partial charge in [0.1, 0.15) is 11.6 Å². The molecule has 38 heavy (non-hydrogen) atoms. The van der Waals surface area contributed by atoms with Crippen LogP contribution < -0.4 is 0 Å². The van der Waals surface area contributed by atoms with Gasteiger partial charge in [-0.05, 0) is 74.4 Å². The van der Waals surface area contributed by atoms with Crippen molar-refractivity contribution in [2.75, 3.05) is 26.2 Å². The first kappa shape index (κ1) is 27.5. The monoisotopic (exact) mass is 541 g/mol. The molecule has 1 unspecified atom stereocenters. The highest BCUT2D eigenvalue weighted by molar-refractivity contribution is 8.18. The van der Waals surface area contributed by atoms with Crippen molar-refractivity contribution in [3.8, 4) is 0 Å². The van der Waals surface area contributed by atoms with E-state index in [4.69, 9.17) is 0 Å². The molecular formula is C28H29F2N3O4S. The number of nitrogens with zero attached hydrogens (tertiary/aromatic N) is 3. The molecule has 2 fully saturated rings. The molecular weight excluding hydrogens is 512 g/mol. The first-order valence-corrected chi connectivity index (χ1v) is 13.4. The minimum atomic E-state index is -0.828. The Morgan fingerprint density at radius 1 is 1.05 bits per heavy atom. The van der Waals surface area contributed by atoms with Crippen molar-refractivity contribution in [1.29, 1.82) is 0 Å². The molecule has 0 N–H and O–H groups in total. The van der Waals surface area contributed by atoms with E-state index in [9.17, 15) is 28.0 Å². The lowest BCUT2D eigenvalue weighted by molar-refractivity contribution is -0.136. The minimum absolute atomic E-state index is 0.0783. The molecule has 0 saturated carbocycles. The maximum Gasteiger partial charge on any atom is 0.293 e. The molecule has 2 aliphatic rings. The van der Waals surface area contributed by atoms with Gasteiger partial charge in [0.05, 0.1) is 17.4 Å². The predicted octanol–water partition coefficient (Wildman–Crippen LogP) is 4.92. The Labute approximate surface area is 224 Å². The molecule has 2 saturated heterocycles. The third kappa shape index (κ3) is 5.80. The Morgan fingerprint density at radius 3 is 2.34 bits per heavy atom. The van der Waals surface area contributed by atoms with Crippen molar-refractivity contribution in [2.45, 2.75) is 33.2 Å². The average Bonchev–Trinajstić information content (AvgIpc) is 3.18. The summed E-state index contributed by atoms with van der Waals surface area (Å²) in [5.41, 5.74) is 0.705. The van der Waals surface area contributed by atoms with Gasteiger partial charge >= 0.3 is 0 Å². The van der Waals surface area contributed by atoms with Crippen LogP contribution in [0.3, 0.4) is 0 Å². The van der Waals surface area contributed by atoms with Crippen molar-refractivity contribution in [3.05, 3.63) is 75.7 Å². The highest BCUT2D eigenvalue weighted by Gasteiger charge is 2.36. The predicted molar refractivity (Wildman–Crippen MR) is 141 cm³/mol. The van der Waals surface area contributed by atoms with Crippen molar-refractivity contribution < 1.29 is 28.0 Å². The second kappa shape index (κ2) is 11.9. The molecule has 2 heterocycles. The van der Waals surface area contributed by atoms with Gasteiger partial charge in [0.2, 0.25) is 5.91 Å². The maximum absolute atomic E-state index is 14.0. The molecule has 10 heteroatoms. The topological polar surface area (TPSA) is 78.0 Å². The Balaban J connectivity index is 1.43. The number of halogens is 2. The van der Waals surface area contributed by atoms with E-state index in [0.29, 0.717) is 49.1 Å². The molecule has 200 valence electrons. The van der Waals surface area contributed by atoms with Crippen LogP contribution in [0.2, 0.25) is 0 Å². The fourth-order valence-corrected chi connectivity index (χ4v) is 5.53. The van der Waals surface area contributed by atoms with E-state index in [1.54, 1.807) is 34.1 Å². The van der Waals surface area contributed by atoms with Gasteiger partial charge in [0, 0.05) is 37.3 Å². The fraction of sp³-hybridized carbons (Fsp3) is 0.357. The number of carbonyl (C=O) groups is 4. The van der Waals surface area contributed by atoms with Gasteiger partial charge in [-0.15, -0.1) is 0 Å². The second-order valence-electron chi connectivity index (χ2n) is 9.19. The van der Waals surface area contributed by atoms with E-state index in [1.807, 2.05) is 13.8 Å². The van der Waals surface area contributed by atoms with Crippen LogP contribution in [0.4, 0.5) is 13.6 Å². The van der Waals surface area contributed by atoms with Crippen LogP contribution >= 0.6 is 11.8 Å².